The number of anilines is 1. The van der Waals surface area contributed by atoms with Crippen LogP contribution in [-0.4, -0.2) is 17.0 Å². The Bertz CT molecular complexity index is 1130. The fraction of sp³-hybridized carbons (Fsp3) is 0.0909. The van der Waals surface area contributed by atoms with Gasteiger partial charge in [-0.25, -0.2) is 4.79 Å². The van der Waals surface area contributed by atoms with E-state index in [1.165, 1.54) is 48.6 Å². The Morgan fingerprint density at radius 3 is 2.53 bits per heavy atom. The minimum Gasteiger partial charge on any atom is -0.478 e. The molecule has 0 atom stereocenters. The van der Waals surface area contributed by atoms with E-state index in [4.69, 9.17) is 9.52 Å². The van der Waals surface area contributed by atoms with E-state index in [1.54, 1.807) is 13.0 Å². The van der Waals surface area contributed by atoms with Crippen LogP contribution in [-0.2, 0) is 11.0 Å². The summed E-state index contributed by atoms with van der Waals surface area (Å²) in [6, 6.07) is 12.1. The van der Waals surface area contributed by atoms with Crippen molar-refractivity contribution in [2.45, 2.75) is 13.1 Å². The quantitative estimate of drug-likeness (QED) is 0.530. The van der Waals surface area contributed by atoms with E-state index in [2.05, 4.69) is 5.32 Å². The summed E-state index contributed by atoms with van der Waals surface area (Å²) in [7, 11) is 0. The lowest BCUT2D eigenvalue weighted by Gasteiger charge is -2.07. The first kappa shape index (κ1) is 20.9. The van der Waals surface area contributed by atoms with Gasteiger partial charge < -0.3 is 14.8 Å². The minimum absolute atomic E-state index is 0.0386. The van der Waals surface area contributed by atoms with Gasteiger partial charge in [-0.15, -0.1) is 0 Å². The number of carboxylic acids is 1. The average Bonchev–Trinajstić information content (AvgIpc) is 3.16. The Balaban J connectivity index is 1.73. The molecule has 1 aromatic heterocycles. The number of aryl methyl sites for hydroxylation is 1. The van der Waals surface area contributed by atoms with Crippen molar-refractivity contribution in [3.05, 3.63) is 83.1 Å². The van der Waals surface area contributed by atoms with Crippen molar-refractivity contribution in [3.63, 3.8) is 0 Å². The third kappa shape index (κ3) is 4.96. The molecule has 0 saturated carbocycles. The van der Waals surface area contributed by atoms with E-state index in [0.29, 0.717) is 11.3 Å². The molecule has 0 bridgehead atoms. The largest absolute Gasteiger partial charge is 0.478 e. The molecule has 0 spiro atoms. The number of carboxylic acid groups (broad SMARTS) is 1. The van der Waals surface area contributed by atoms with Crippen LogP contribution in [0.15, 0.2) is 65.1 Å². The Morgan fingerprint density at radius 1 is 1.07 bits per heavy atom. The second kappa shape index (κ2) is 8.28. The number of nitrogens with one attached hydrogen (secondary N) is 1. The van der Waals surface area contributed by atoms with Gasteiger partial charge in [0.2, 0.25) is 5.91 Å². The lowest BCUT2D eigenvalue weighted by Crippen LogP contribution is -2.10. The summed E-state index contributed by atoms with van der Waals surface area (Å²) in [4.78, 5) is 23.2. The summed E-state index contributed by atoms with van der Waals surface area (Å²) in [5.74, 6) is -1.13. The van der Waals surface area contributed by atoms with Gasteiger partial charge in [0.05, 0.1) is 11.1 Å². The maximum Gasteiger partial charge on any atom is 0.416 e. The van der Waals surface area contributed by atoms with Crippen molar-refractivity contribution in [1.82, 2.24) is 0 Å². The Morgan fingerprint density at radius 2 is 1.83 bits per heavy atom. The van der Waals surface area contributed by atoms with E-state index in [-0.39, 0.29) is 22.6 Å². The maximum atomic E-state index is 12.9. The molecule has 8 heteroatoms. The van der Waals surface area contributed by atoms with Gasteiger partial charge in [-0.05, 0) is 55.0 Å². The number of rotatable bonds is 5. The highest BCUT2D eigenvalue weighted by atomic mass is 19.4. The molecule has 0 fully saturated rings. The molecule has 2 N–H and O–H groups in total. The third-order valence-corrected chi connectivity index (χ3v) is 4.24. The molecule has 0 aliphatic carbocycles. The predicted octanol–water partition coefficient (Wildman–Crippen LogP) is 5.62. The number of hydrogen-bond acceptors (Lipinski definition) is 3. The third-order valence-electron chi connectivity index (χ3n) is 4.24. The van der Waals surface area contributed by atoms with Gasteiger partial charge in [-0.2, -0.15) is 13.2 Å². The normalized spacial score (nSPS) is 11.6. The number of carbonyl (C=O) groups excluding carboxylic acids is 1. The van der Waals surface area contributed by atoms with Crippen molar-refractivity contribution in [1.29, 1.82) is 0 Å². The van der Waals surface area contributed by atoms with E-state index >= 15 is 0 Å². The Kier molecular flexibility index (Phi) is 5.77. The van der Waals surface area contributed by atoms with Crippen LogP contribution in [0.3, 0.4) is 0 Å². The van der Waals surface area contributed by atoms with Gasteiger partial charge in [0, 0.05) is 17.3 Å². The summed E-state index contributed by atoms with van der Waals surface area (Å²) in [6.45, 7) is 1.72. The molecule has 154 valence electrons. The van der Waals surface area contributed by atoms with Crippen LogP contribution >= 0.6 is 0 Å². The zero-order valence-corrected chi connectivity index (χ0v) is 15.7. The molecule has 0 aliphatic rings. The topological polar surface area (TPSA) is 79.5 Å². The zero-order chi connectivity index (χ0) is 21.9. The van der Waals surface area contributed by atoms with Crippen molar-refractivity contribution < 1.29 is 32.3 Å². The molecule has 0 aliphatic heterocycles. The molecule has 5 nitrogen and oxygen atoms in total. The van der Waals surface area contributed by atoms with E-state index in [9.17, 15) is 22.8 Å². The molecule has 3 aromatic rings. The number of halogens is 3. The zero-order valence-electron chi connectivity index (χ0n) is 15.7. The highest BCUT2D eigenvalue weighted by Gasteiger charge is 2.30. The first-order chi connectivity index (χ1) is 14.1. The van der Waals surface area contributed by atoms with Crippen molar-refractivity contribution >= 4 is 23.6 Å². The standard InChI is InChI=1S/C22H16F3NO4/c1-13-5-6-15(21(28)29)12-18(13)26-20(27)10-8-17-7-9-19(30-17)14-3-2-4-16(11-14)22(23,24)25/h2-12H,1H3,(H,26,27)(H,28,29)/b10-8+. The molecule has 1 amide bonds. The molecule has 1 heterocycles. The van der Waals surface area contributed by atoms with Crippen LogP contribution in [0.1, 0.15) is 27.2 Å². The molecule has 30 heavy (non-hydrogen) atoms. The first-order valence-corrected chi connectivity index (χ1v) is 8.74. The molecule has 2 aromatic carbocycles. The summed E-state index contributed by atoms with van der Waals surface area (Å²) < 4.78 is 44.1. The van der Waals surface area contributed by atoms with Crippen molar-refractivity contribution in [2.75, 3.05) is 5.32 Å². The van der Waals surface area contributed by atoms with Crippen LogP contribution in [0, 0.1) is 6.92 Å². The van der Waals surface area contributed by atoms with Gasteiger partial charge in [-0.3, -0.25) is 4.79 Å². The number of hydrogen-bond donors (Lipinski definition) is 2. The van der Waals surface area contributed by atoms with Crippen molar-refractivity contribution in [2.24, 2.45) is 0 Å². The maximum absolute atomic E-state index is 12.9. The fourth-order valence-electron chi connectivity index (χ4n) is 2.67. The number of furan rings is 1. The summed E-state index contributed by atoms with van der Waals surface area (Å²) >= 11 is 0. The lowest BCUT2D eigenvalue weighted by atomic mass is 10.1. The van der Waals surface area contributed by atoms with Crippen LogP contribution in [0.2, 0.25) is 0 Å². The van der Waals surface area contributed by atoms with Gasteiger partial charge in [0.1, 0.15) is 11.5 Å². The molecular formula is C22H16F3NO4. The SMILES string of the molecule is Cc1ccc(C(=O)O)cc1NC(=O)/C=C/c1ccc(-c2cccc(C(F)(F)F)c2)o1. The summed E-state index contributed by atoms with van der Waals surface area (Å²) in [5.41, 5.74) is 0.554. The number of amides is 1. The lowest BCUT2D eigenvalue weighted by molar-refractivity contribution is -0.137. The van der Waals surface area contributed by atoms with Gasteiger partial charge in [0.15, 0.2) is 0 Å². The van der Waals surface area contributed by atoms with E-state index in [0.717, 1.165) is 12.1 Å². The van der Waals surface area contributed by atoms with Crippen LogP contribution in [0.25, 0.3) is 17.4 Å². The van der Waals surface area contributed by atoms with Crippen LogP contribution < -0.4 is 5.32 Å². The van der Waals surface area contributed by atoms with Gasteiger partial charge in [0.25, 0.3) is 0 Å². The molecule has 0 unspecified atom stereocenters. The molecular weight excluding hydrogens is 399 g/mol. The summed E-state index contributed by atoms with van der Waals surface area (Å²) in [5, 5.41) is 11.6. The monoisotopic (exact) mass is 415 g/mol. The highest BCUT2D eigenvalue weighted by molar-refractivity contribution is 6.03. The molecule has 0 radical (unpaired) electrons. The Labute approximate surface area is 169 Å². The Hall–Kier alpha value is -3.81. The van der Waals surface area contributed by atoms with Gasteiger partial charge >= 0.3 is 12.1 Å². The van der Waals surface area contributed by atoms with Crippen molar-refractivity contribution in [3.8, 4) is 11.3 Å². The molecule has 3 rings (SSSR count). The fourth-order valence-corrected chi connectivity index (χ4v) is 2.67. The highest BCUT2D eigenvalue weighted by Crippen LogP contribution is 2.32. The molecule has 0 saturated heterocycles. The van der Waals surface area contributed by atoms with Crippen LogP contribution in [0.5, 0.6) is 0 Å². The minimum atomic E-state index is -4.46. The van der Waals surface area contributed by atoms with E-state index < -0.39 is 23.6 Å². The number of alkyl halides is 3. The first-order valence-electron chi connectivity index (χ1n) is 8.74. The smallest absolute Gasteiger partial charge is 0.416 e. The number of carbonyl (C=O) groups is 2. The van der Waals surface area contributed by atoms with Gasteiger partial charge in [-0.1, -0.05) is 18.2 Å². The average molecular weight is 415 g/mol. The second-order valence-corrected chi connectivity index (χ2v) is 6.44. The van der Waals surface area contributed by atoms with E-state index in [1.807, 2.05) is 0 Å². The predicted molar refractivity (Wildman–Crippen MR) is 105 cm³/mol. The number of aromatic carboxylic acids is 1. The second-order valence-electron chi connectivity index (χ2n) is 6.44. The summed E-state index contributed by atoms with van der Waals surface area (Å²) in [6.07, 6.45) is -1.91. The number of benzene rings is 2. The van der Waals surface area contributed by atoms with Crippen LogP contribution in [0.4, 0.5) is 18.9 Å².